The Kier molecular flexibility index (Phi) is 4.85. The summed E-state index contributed by atoms with van der Waals surface area (Å²) < 4.78 is 25.4. The molecule has 0 amide bonds. The zero-order valence-corrected chi connectivity index (χ0v) is 16.2. The van der Waals surface area contributed by atoms with Crippen molar-refractivity contribution in [3.8, 4) is 17.1 Å². The predicted octanol–water partition coefficient (Wildman–Crippen LogP) is 3.54. The van der Waals surface area contributed by atoms with E-state index in [2.05, 4.69) is 34.1 Å². The van der Waals surface area contributed by atoms with Crippen LogP contribution in [0.3, 0.4) is 0 Å². The highest BCUT2D eigenvalue weighted by molar-refractivity contribution is 7.90. The van der Waals surface area contributed by atoms with Crippen LogP contribution >= 0.6 is 0 Å². The molecule has 0 radical (unpaired) electrons. The second kappa shape index (κ2) is 7.29. The molecule has 27 heavy (non-hydrogen) atoms. The van der Waals surface area contributed by atoms with E-state index in [-0.39, 0.29) is 0 Å². The maximum atomic E-state index is 11.7. The third kappa shape index (κ3) is 3.96. The molecule has 0 atom stereocenters. The van der Waals surface area contributed by atoms with Crippen molar-refractivity contribution >= 4 is 9.84 Å². The fourth-order valence-corrected chi connectivity index (χ4v) is 4.21. The molecule has 2 heterocycles. The Morgan fingerprint density at radius 3 is 2.48 bits per heavy atom. The number of nitrogens with zero attached hydrogens (tertiary/aromatic N) is 3. The summed E-state index contributed by atoms with van der Waals surface area (Å²) in [5.41, 5.74) is 3.24. The van der Waals surface area contributed by atoms with Gasteiger partial charge in [0.05, 0.1) is 4.90 Å². The smallest absolute Gasteiger partial charge is 0.175 e. The molecule has 1 saturated heterocycles. The van der Waals surface area contributed by atoms with E-state index in [0.717, 1.165) is 23.6 Å². The SMILES string of the molecule is CS(=O)(=O)c1ccc(-c2nccn2-c2cccc(CN3CCCC3)c2)cc1. The van der Waals surface area contributed by atoms with Crippen LogP contribution in [0.2, 0.25) is 0 Å². The molecule has 4 rings (SSSR count). The number of hydrogen-bond acceptors (Lipinski definition) is 4. The van der Waals surface area contributed by atoms with Gasteiger partial charge in [0.2, 0.25) is 0 Å². The van der Waals surface area contributed by atoms with Crippen LogP contribution in [0, 0.1) is 0 Å². The predicted molar refractivity (Wildman–Crippen MR) is 107 cm³/mol. The van der Waals surface area contributed by atoms with Crippen LogP contribution in [0.5, 0.6) is 0 Å². The highest BCUT2D eigenvalue weighted by atomic mass is 32.2. The van der Waals surface area contributed by atoms with Gasteiger partial charge in [-0.05, 0) is 67.9 Å². The average Bonchev–Trinajstić information content (AvgIpc) is 3.33. The number of benzene rings is 2. The molecule has 0 spiro atoms. The first kappa shape index (κ1) is 17.9. The second-order valence-corrected chi connectivity index (χ2v) is 9.09. The largest absolute Gasteiger partial charge is 0.300 e. The van der Waals surface area contributed by atoms with Gasteiger partial charge in [-0.15, -0.1) is 0 Å². The van der Waals surface area contributed by atoms with E-state index in [1.54, 1.807) is 18.3 Å². The van der Waals surface area contributed by atoms with Crippen molar-refractivity contribution in [2.75, 3.05) is 19.3 Å². The van der Waals surface area contributed by atoms with Gasteiger partial charge >= 0.3 is 0 Å². The number of aromatic nitrogens is 2. The summed E-state index contributed by atoms with van der Waals surface area (Å²) in [4.78, 5) is 7.29. The van der Waals surface area contributed by atoms with E-state index in [0.29, 0.717) is 4.90 Å². The van der Waals surface area contributed by atoms with E-state index in [9.17, 15) is 8.42 Å². The average molecular weight is 382 g/mol. The number of likely N-dealkylation sites (tertiary alicyclic amines) is 1. The Balaban J connectivity index is 1.64. The van der Waals surface area contributed by atoms with Crippen molar-refractivity contribution in [2.45, 2.75) is 24.3 Å². The molecule has 0 unspecified atom stereocenters. The number of rotatable bonds is 5. The zero-order valence-electron chi connectivity index (χ0n) is 15.4. The van der Waals surface area contributed by atoms with Crippen molar-refractivity contribution in [1.82, 2.24) is 14.5 Å². The zero-order chi connectivity index (χ0) is 18.9. The van der Waals surface area contributed by atoms with E-state index in [1.165, 1.54) is 37.8 Å². The van der Waals surface area contributed by atoms with Gasteiger partial charge in [-0.3, -0.25) is 9.47 Å². The summed E-state index contributed by atoms with van der Waals surface area (Å²) in [6, 6.07) is 15.4. The Morgan fingerprint density at radius 2 is 1.78 bits per heavy atom. The maximum Gasteiger partial charge on any atom is 0.175 e. The minimum absolute atomic E-state index is 0.317. The third-order valence-corrected chi connectivity index (χ3v) is 6.10. The molecule has 1 aliphatic heterocycles. The van der Waals surface area contributed by atoms with Crippen LogP contribution in [0.4, 0.5) is 0 Å². The standard InChI is InChI=1S/C21H23N3O2S/c1-27(25,26)20-9-7-18(8-10-20)21-22-11-14-24(21)19-6-4-5-17(15-19)16-23-12-2-3-13-23/h4-11,14-15H,2-3,12-13,16H2,1H3. The van der Waals surface area contributed by atoms with Gasteiger partial charge in [-0.2, -0.15) is 0 Å². The fourth-order valence-electron chi connectivity index (χ4n) is 3.58. The number of hydrogen-bond donors (Lipinski definition) is 0. The van der Waals surface area contributed by atoms with Crippen LogP contribution in [0.15, 0.2) is 65.8 Å². The molecule has 1 aliphatic rings. The van der Waals surface area contributed by atoms with Crippen LogP contribution in [-0.4, -0.2) is 42.2 Å². The molecule has 3 aromatic rings. The summed E-state index contributed by atoms with van der Waals surface area (Å²) in [5.74, 6) is 0.799. The summed E-state index contributed by atoms with van der Waals surface area (Å²) >= 11 is 0. The van der Waals surface area contributed by atoms with Crippen molar-refractivity contribution in [1.29, 1.82) is 0 Å². The van der Waals surface area contributed by atoms with Gasteiger partial charge in [0.1, 0.15) is 5.82 Å². The Morgan fingerprint density at radius 1 is 1.04 bits per heavy atom. The monoisotopic (exact) mass is 381 g/mol. The second-order valence-electron chi connectivity index (χ2n) is 7.07. The van der Waals surface area contributed by atoms with Crippen molar-refractivity contribution in [3.63, 3.8) is 0 Å². The van der Waals surface area contributed by atoms with Gasteiger partial charge in [0.15, 0.2) is 9.84 Å². The minimum Gasteiger partial charge on any atom is -0.300 e. The minimum atomic E-state index is -3.20. The highest BCUT2D eigenvalue weighted by Gasteiger charge is 2.14. The molecule has 2 aromatic carbocycles. The van der Waals surface area contributed by atoms with E-state index in [4.69, 9.17) is 0 Å². The van der Waals surface area contributed by atoms with Gasteiger partial charge in [0.25, 0.3) is 0 Å². The molecule has 0 bridgehead atoms. The molecule has 0 saturated carbocycles. The molecular formula is C21H23N3O2S. The number of imidazole rings is 1. The van der Waals surface area contributed by atoms with Crippen molar-refractivity contribution in [2.24, 2.45) is 0 Å². The lowest BCUT2D eigenvalue weighted by Gasteiger charge is -2.16. The molecule has 5 nitrogen and oxygen atoms in total. The molecular weight excluding hydrogens is 358 g/mol. The number of sulfone groups is 1. The van der Waals surface area contributed by atoms with Gasteiger partial charge in [-0.25, -0.2) is 13.4 Å². The van der Waals surface area contributed by atoms with Gasteiger partial charge in [0, 0.05) is 36.4 Å². The van der Waals surface area contributed by atoms with Crippen LogP contribution < -0.4 is 0 Å². The van der Waals surface area contributed by atoms with Crippen LogP contribution in [-0.2, 0) is 16.4 Å². The molecule has 1 aromatic heterocycles. The Bertz CT molecular complexity index is 1030. The first-order valence-corrected chi connectivity index (χ1v) is 11.1. The lowest BCUT2D eigenvalue weighted by molar-refractivity contribution is 0.331. The first-order chi connectivity index (χ1) is 13.0. The highest BCUT2D eigenvalue weighted by Crippen LogP contribution is 2.24. The van der Waals surface area contributed by atoms with Crippen molar-refractivity contribution in [3.05, 3.63) is 66.5 Å². The quantitative estimate of drug-likeness (QED) is 0.678. The summed E-state index contributed by atoms with van der Waals surface area (Å²) in [6.45, 7) is 3.32. The summed E-state index contributed by atoms with van der Waals surface area (Å²) in [5, 5.41) is 0. The maximum absolute atomic E-state index is 11.7. The molecule has 0 N–H and O–H groups in total. The van der Waals surface area contributed by atoms with Crippen LogP contribution in [0.1, 0.15) is 18.4 Å². The fraction of sp³-hybridized carbons (Fsp3) is 0.286. The summed E-state index contributed by atoms with van der Waals surface area (Å²) in [7, 11) is -3.20. The van der Waals surface area contributed by atoms with E-state index < -0.39 is 9.84 Å². The van der Waals surface area contributed by atoms with Crippen LogP contribution in [0.25, 0.3) is 17.1 Å². The van der Waals surface area contributed by atoms with Gasteiger partial charge < -0.3 is 0 Å². The molecule has 0 aliphatic carbocycles. The lowest BCUT2D eigenvalue weighted by Crippen LogP contribution is -2.18. The normalized spacial score (nSPS) is 15.3. The first-order valence-electron chi connectivity index (χ1n) is 9.16. The summed E-state index contributed by atoms with van der Waals surface area (Å²) in [6.07, 6.45) is 7.50. The molecule has 6 heteroatoms. The topological polar surface area (TPSA) is 55.2 Å². The lowest BCUT2D eigenvalue weighted by atomic mass is 10.1. The Labute approximate surface area is 160 Å². The van der Waals surface area contributed by atoms with Crippen molar-refractivity contribution < 1.29 is 8.42 Å². The molecule has 140 valence electrons. The van der Waals surface area contributed by atoms with E-state index >= 15 is 0 Å². The van der Waals surface area contributed by atoms with Gasteiger partial charge in [-0.1, -0.05) is 12.1 Å². The Hall–Kier alpha value is -2.44. The molecule has 1 fully saturated rings. The van der Waals surface area contributed by atoms with E-state index in [1.807, 2.05) is 22.9 Å². The third-order valence-electron chi connectivity index (χ3n) is 4.98.